The van der Waals surface area contributed by atoms with Crippen molar-refractivity contribution in [1.29, 1.82) is 0 Å². The van der Waals surface area contributed by atoms with Crippen LogP contribution in [-0.4, -0.2) is 25.3 Å². The van der Waals surface area contributed by atoms with E-state index in [1.54, 1.807) is 0 Å². The van der Waals surface area contributed by atoms with Gasteiger partial charge in [0.25, 0.3) is 0 Å². The van der Waals surface area contributed by atoms with Gasteiger partial charge in [0.05, 0.1) is 18.1 Å². The van der Waals surface area contributed by atoms with Gasteiger partial charge in [-0.15, -0.1) is 0 Å². The van der Waals surface area contributed by atoms with Crippen molar-refractivity contribution in [3.63, 3.8) is 0 Å². The molecule has 0 N–H and O–H groups in total. The van der Waals surface area contributed by atoms with Crippen LogP contribution in [0.4, 0.5) is 0 Å². The fourth-order valence-corrected chi connectivity index (χ4v) is 2.87. The van der Waals surface area contributed by atoms with Crippen LogP contribution in [0, 0.1) is 5.41 Å². The molecule has 1 fully saturated rings. The third kappa shape index (κ3) is 3.21. The Hall–Kier alpha value is -0.570. The first-order valence-corrected chi connectivity index (χ1v) is 7.00. The van der Waals surface area contributed by atoms with E-state index in [0.717, 1.165) is 38.5 Å². The van der Waals surface area contributed by atoms with Gasteiger partial charge in [-0.1, -0.05) is 19.8 Å². The normalized spacial score (nSPS) is 28.3. The summed E-state index contributed by atoms with van der Waals surface area (Å²) in [5, 5.41) is 0. The first-order chi connectivity index (χ1) is 8.21. The number of hydrogen-bond acceptors (Lipinski definition) is 3. The number of rotatable bonds is 7. The molecule has 1 aliphatic rings. The lowest BCUT2D eigenvalue weighted by molar-refractivity contribution is -0.164. The predicted molar refractivity (Wildman–Crippen MR) is 67.9 cm³/mol. The number of unbranched alkanes of at least 4 members (excludes halogenated alkanes) is 1. The Morgan fingerprint density at radius 2 is 2.06 bits per heavy atom. The van der Waals surface area contributed by atoms with Crippen molar-refractivity contribution in [2.24, 2.45) is 5.41 Å². The number of carbonyl (C=O) groups is 1. The summed E-state index contributed by atoms with van der Waals surface area (Å²) in [6.07, 6.45) is 6.16. The molecule has 2 atom stereocenters. The first-order valence-electron chi connectivity index (χ1n) is 7.00. The zero-order valence-electron chi connectivity index (χ0n) is 11.5. The Balaban J connectivity index is 2.79. The highest BCUT2D eigenvalue weighted by Crippen LogP contribution is 2.45. The molecule has 1 aliphatic carbocycles. The molecule has 3 nitrogen and oxygen atoms in total. The molecule has 0 heterocycles. The fourth-order valence-electron chi connectivity index (χ4n) is 2.87. The van der Waals surface area contributed by atoms with Crippen LogP contribution in [0.25, 0.3) is 0 Å². The van der Waals surface area contributed by atoms with E-state index < -0.39 is 0 Å². The van der Waals surface area contributed by atoms with Gasteiger partial charge in [-0.25, -0.2) is 0 Å². The molecule has 0 spiro atoms. The van der Waals surface area contributed by atoms with Crippen molar-refractivity contribution in [3.05, 3.63) is 0 Å². The van der Waals surface area contributed by atoms with E-state index in [9.17, 15) is 4.79 Å². The Kier molecular flexibility index (Phi) is 5.96. The van der Waals surface area contributed by atoms with Gasteiger partial charge in [0.1, 0.15) is 0 Å². The molecule has 0 aromatic rings. The SMILES string of the molecule is CCCCC1(C(=O)OCC)CCCC1OCC. The molecule has 0 aromatic carbocycles. The van der Waals surface area contributed by atoms with Gasteiger partial charge in [-0.3, -0.25) is 4.79 Å². The van der Waals surface area contributed by atoms with Crippen LogP contribution in [0.1, 0.15) is 59.3 Å². The molecule has 100 valence electrons. The molecular weight excluding hydrogens is 216 g/mol. The molecule has 1 saturated carbocycles. The zero-order valence-corrected chi connectivity index (χ0v) is 11.5. The maximum Gasteiger partial charge on any atom is 0.314 e. The molecule has 0 aromatic heterocycles. The second-order valence-corrected chi connectivity index (χ2v) is 4.82. The van der Waals surface area contributed by atoms with E-state index >= 15 is 0 Å². The summed E-state index contributed by atoms with van der Waals surface area (Å²) in [4.78, 5) is 12.3. The molecule has 0 bridgehead atoms. The minimum absolute atomic E-state index is 0.0376. The smallest absolute Gasteiger partial charge is 0.314 e. The van der Waals surface area contributed by atoms with Gasteiger partial charge in [-0.05, 0) is 39.5 Å². The van der Waals surface area contributed by atoms with Crippen LogP contribution in [0.5, 0.6) is 0 Å². The lowest BCUT2D eigenvalue weighted by Gasteiger charge is -2.32. The lowest BCUT2D eigenvalue weighted by Crippen LogP contribution is -2.41. The van der Waals surface area contributed by atoms with Gasteiger partial charge in [0.2, 0.25) is 0 Å². The quantitative estimate of drug-likeness (QED) is 0.642. The molecule has 2 unspecified atom stereocenters. The van der Waals surface area contributed by atoms with Crippen LogP contribution in [-0.2, 0) is 14.3 Å². The van der Waals surface area contributed by atoms with Crippen molar-refractivity contribution in [2.45, 2.75) is 65.4 Å². The Labute approximate surface area is 105 Å². The van der Waals surface area contributed by atoms with Gasteiger partial charge in [0, 0.05) is 6.61 Å². The van der Waals surface area contributed by atoms with Gasteiger partial charge >= 0.3 is 5.97 Å². The van der Waals surface area contributed by atoms with Crippen LogP contribution < -0.4 is 0 Å². The van der Waals surface area contributed by atoms with Crippen LogP contribution in [0.15, 0.2) is 0 Å². The summed E-state index contributed by atoms with van der Waals surface area (Å²) in [6.45, 7) is 7.16. The molecular formula is C14H26O3. The average molecular weight is 242 g/mol. The maximum absolute atomic E-state index is 12.3. The van der Waals surface area contributed by atoms with E-state index in [-0.39, 0.29) is 17.5 Å². The van der Waals surface area contributed by atoms with E-state index in [1.165, 1.54) is 0 Å². The van der Waals surface area contributed by atoms with E-state index in [4.69, 9.17) is 9.47 Å². The van der Waals surface area contributed by atoms with Crippen LogP contribution >= 0.6 is 0 Å². The summed E-state index contributed by atoms with van der Waals surface area (Å²) >= 11 is 0. The van der Waals surface area contributed by atoms with Crippen molar-refractivity contribution >= 4 is 5.97 Å². The third-order valence-electron chi connectivity index (χ3n) is 3.73. The summed E-state index contributed by atoms with van der Waals surface area (Å²) in [6, 6.07) is 0. The van der Waals surface area contributed by atoms with Crippen molar-refractivity contribution in [1.82, 2.24) is 0 Å². The highest BCUT2D eigenvalue weighted by molar-refractivity contribution is 5.78. The summed E-state index contributed by atoms with van der Waals surface area (Å²) in [5.41, 5.74) is -0.359. The second-order valence-electron chi connectivity index (χ2n) is 4.82. The standard InChI is InChI=1S/C14H26O3/c1-4-7-10-14(13(15)17-6-3)11-8-9-12(14)16-5-2/h12H,4-11H2,1-3H3. The molecule has 0 saturated heterocycles. The van der Waals surface area contributed by atoms with Gasteiger partial charge in [0.15, 0.2) is 0 Å². The zero-order chi connectivity index (χ0) is 12.7. The molecule has 1 rings (SSSR count). The van der Waals surface area contributed by atoms with Gasteiger partial charge in [-0.2, -0.15) is 0 Å². The first kappa shape index (κ1) is 14.5. The number of ether oxygens (including phenoxy) is 2. The fraction of sp³-hybridized carbons (Fsp3) is 0.929. The van der Waals surface area contributed by atoms with Gasteiger partial charge < -0.3 is 9.47 Å². The summed E-state index contributed by atoms with van der Waals surface area (Å²) in [7, 11) is 0. The number of hydrogen-bond donors (Lipinski definition) is 0. The Morgan fingerprint density at radius 3 is 2.65 bits per heavy atom. The van der Waals surface area contributed by atoms with E-state index in [2.05, 4.69) is 6.92 Å². The minimum atomic E-state index is -0.359. The summed E-state index contributed by atoms with van der Waals surface area (Å²) < 4.78 is 11.1. The maximum atomic E-state index is 12.3. The van der Waals surface area contributed by atoms with E-state index in [0.29, 0.717) is 13.2 Å². The molecule has 0 aliphatic heterocycles. The molecule has 17 heavy (non-hydrogen) atoms. The Morgan fingerprint density at radius 1 is 1.29 bits per heavy atom. The molecule has 3 heteroatoms. The lowest BCUT2D eigenvalue weighted by atomic mass is 9.79. The predicted octanol–water partition coefficient (Wildman–Crippen LogP) is 3.32. The topological polar surface area (TPSA) is 35.5 Å². The Bertz CT molecular complexity index is 240. The average Bonchev–Trinajstić information content (AvgIpc) is 2.72. The summed E-state index contributed by atoms with van der Waals surface area (Å²) in [5.74, 6) is -0.0376. The third-order valence-corrected chi connectivity index (χ3v) is 3.73. The van der Waals surface area contributed by atoms with Crippen molar-refractivity contribution in [2.75, 3.05) is 13.2 Å². The highest BCUT2D eigenvalue weighted by atomic mass is 16.5. The van der Waals surface area contributed by atoms with E-state index in [1.807, 2.05) is 13.8 Å². The second kappa shape index (κ2) is 7.00. The minimum Gasteiger partial charge on any atom is -0.465 e. The van der Waals surface area contributed by atoms with Crippen molar-refractivity contribution in [3.8, 4) is 0 Å². The largest absolute Gasteiger partial charge is 0.465 e. The monoisotopic (exact) mass is 242 g/mol. The molecule has 0 radical (unpaired) electrons. The number of esters is 1. The van der Waals surface area contributed by atoms with Crippen molar-refractivity contribution < 1.29 is 14.3 Å². The van der Waals surface area contributed by atoms with Crippen LogP contribution in [0.3, 0.4) is 0 Å². The number of carbonyl (C=O) groups excluding carboxylic acids is 1. The molecule has 0 amide bonds. The van der Waals surface area contributed by atoms with Crippen LogP contribution in [0.2, 0.25) is 0 Å². The highest BCUT2D eigenvalue weighted by Gasteiger charge is 2.50.